The zero-order valence-corrected chi connectivity index (χ0v) is 19.5. The van der Waals surface area contributed by atoms with Crippen LogP contribution < -0.4 is 16.0 Å². The highest BCUT2D eigenvalue weighted by atomic mass is 16.2. The van der Waals surface area contributed by atoms with Crippen LogP contribution in [-0.4, -0.2) is 81.5 Å². The zero-order chi connectivity index (χ0) is 23.7. The van der Waals surface area contributed by atoms with Crippen LogP contribution in [-0.2, 0) is 4.79 Å². The standard InChI is InChI=1S/C24H31N9O/c1-3-20(34)32-10-4-5-19(15-32)33-16-26-21-22(25)28-24(29-23(21)33)27-17-6-8-18(9-7-17)31-13-11-30(2)12-14-31/h3,6-9,16,19H,1,4-5,10-15H2,2H3,(H3,25,27,28,29). The molecule has 2 aliphatic heterocycles. The number of carbonyl (C=O) groups excluding carboxylic acids is 1. The van der Waals surface area contributed by atoms with Crippen LogP contribution in [0, 0.1) is 0 Å². The Morgan fingerprint density at radius 3 is 2.65 bits per heavy atom. The molecule has 0 bridgehead atoms. The van der Waals surface area contributed by atoms with Gasteiger partial charge in [-0.1, -0.05) is 6.58 Å². The topological polar surface area (TPSA) is 108 Å². The number of nitrogen functional groups attached to an aromatic ring is 1. The number of nitrogens with zero attached hydrogens (tertiary/aromatic N) is 7. The van der Waals surface area contributed by atoms with E-state index >= 15 is 0 Å². The van der Waals surface area contributed by atoms with Gasteiger partial charge in [0.1, 0.15) is 5.52 Å². The number of likely N-dealkylation sites (N-methyl/N-ethyl adjacent to an activating group) is 1. The maximum absolute atomic E-state index is 12.1. The first kappa shape index (κ1) is 22.1. The van der Waals surface area contributed by atoms with Crippen molar-refractivity contribution in [1.82, 2.24) is 29.3 Å². The van der Waals surface area contributed by atoms with Gasteiger partial charge >= 0.3 is 0 Å². The molecule has 10 nitrogen and oxygen atoms in total. The Hall–Kier alpha value is -3.66. The summed E-state index contributed by atoms with van der Waals surface area (Å²) in [5, 5.41) is 3.28. The second kappa shape index (κ2) is 9.30. The first-order chi connectivity index (χ1) is 16.5. The van der Waals surface area contributed by atoms with Gasteiger partial charge in [0, 0.05) is 50.6 Å². The fraction of sp³-hybridized carbons (Fsp3) is 0.417. The van der Waals surface area contributed by atoms with Crippen molar-refractivity contribution < 1.29 is 4.79 Å². The minimum Gasteiger partial charge on any atom is -0.382 e. The van der Waals surface area contributed by atoms with Gasteiger partial charge in [0.05, 0.1) is 12.4 Å². The molecule has 3 aromatic rings. The highest BCUT2D eigenvalue weighted by molar-refractivity contribution is 5.87. The van der Waals surface area contributed by atoms with Gasteiger partial charge < -0.3 is 30.3 Å². The Labute approximate surface area is 199 Å². The van der Waals surface area contributed by atoms with Crippen LogP contribution >= 0.6 is 0 Å². The van der Waals surface area contributed by atoms with Crippen LogP contribution in [0.2, 0.25) is 0 Å². The van der Waals surface area contributed by atoms with E-state index in [-0.39, 0.29) is 11.9 Å². The van der Waals surface area contributed by atoms with E-state index in [1.807, 2.05) is 21.6 Å². The van der Waals surface area contributed by atoms with Gasteiger partial charge in [-0.2, -0.15) is 9.97 Å². The Morgan fingerprint density at radius 1 is 1.15 bits per heavy atom. The normalized spacial score (nSPS) is 19.4. The summed E-state index contributed by atoms with van der Waals surface area (Å²) >= 11 is 0. The van der Waals surface area contributed by atoms with Crippen LogP contribution in [0.5, 0.6) is 0 Å². The number of carbonyl (C=O) groups is 1. The van der Waals surface area contributed by atoms with Gasteiger partial charge in [0.15, 0.2) is 11.5 Å². The van der Waals surface area contributed by atoms with Gasteiger partial charge in [0.2, 0.25) is 11.9 Å². The molecule has 5 rings (SSSR count). The van der Waals surface area contributed by atoms with Gasteiger partial charge in [-0.25, -0.2) is 4.98 Å². The van der Waals surface area contributed by atoms with Crippen LogP contribution in [0.15, 0.2) is 43.2 Å². The average Bonchev–Trinajstić information content (AvgIpc) is 3.29. The molecule has 1 unspecified atom stereocenters. The number of likely N-dealkylation sites (tertiary alicyclic amines) is 1. The number of piperazine rings is 1. The summed E-state index contributed by atoms with van der Waals surface area (Å²) in [7, 11) is 2.16. The van der Waals surface area contributed by atoms with Gasteiger partial charge in [-0.3, -0.25) is 4.79 Å². The summed E-state index contributed by atoms with van der Waals surface area (Å²) in [4.78, 5) is 32.3. The molecule has 0 spiro atoms. The summed E-state index contributed by atoms with van der Waals surface area (Å²) < 4.78 is 2.01. The summed E-state index contributed by atoms with van der Waals surface area (Å²) in [6, 6.07) is 8.39. The lowest BCUT2D eigenvalue weighted by Crippen LogP contribution is -2.44. The third kappa shape index (κ3) is 4.41. The number of hydrogen-bond acceptors (Lipinski definition) is 8. The van der Waals surface area contributed by atoms with E-state index in [0.717, 1.165) is 51.3 Å². The van der Waals surface area contributed by atoms with E-state index in [1.54, 1.807) is 6.33 Å². The number of nitrogens with one attached hydrogen (secondary N) is 1. The molecule has 2 aliphatic rings. The molecule has 34 heavy (non-hydrogen) atoms. The van der Waals surface area contributed by atoms with E-state index in [4.69, 9.17) is 10.7 Å². The van der Waals surface area contributed by atoms with Gasteiger partial charge in [0.25, 0.3) is 0 Å². The summed E-state index contributed by atoms with van der Waals surface area (Å²) in [5.74, 6) is 0.703. The highest BCUT2D eigenvalue weighted by Gasteiger charge is 2.26. The minimum atomic E-state index is -0.0503. The second-order valence-corrected chi connectivity index (χ2v) is 9.00. The van der Waals surface area contributed by atoms with Gasteiger partial charge in [-0.15, -0.1) is 0 Å². The predicted molar refractivity (Wildman–Crippen MR) is 134 cm³/mol. The van der Waals surface area contributed by atoms with Crippen molar-refractivity contribution in [2.75, 3.05) is 62.3 Å². The maximum atomic E-state index is 12.1. The number of rotatable bonds is 5. The average molecular weight is 462 g/mol. The summed E-state index contributed by atoms with van der Waals surface area (Å²) in [5.41, 5.74) is 9.57. The molecule has 2 aromatic heterocycles. The third-order valence-electron chi connectivity index (χ3n) is 6.72. The Kier molecular flexibility index (Phi) is 6.06. The maximum Gasteiger partial charge on any atom is 0.246 e. The number of amides is 1. The molecule has 178 valence electrons. The van der Waals surface area contributed by atoms with E-state index < -0.39 is 0 Å². The number of benzene rings is 1. The molecule has 2 saturated heterocycles. The first-order valence-electron chi connectivity index (χ1n) is 11.7. The SMILES string of the molecule is C=CC(=O)N1CCCC(n2cnc3c(N)nc(Nc4ccc(N5CCN(C)CC5)cc4)nc32)C1. The molecule has 1 aromatic carbocycles. The lowest BCUT2D eigenvalue weighted by atomic mass is 10.1. The molecule has 1 amide bonds. The molecule has 4 heterocycles. The van der Waals surface area contributed by atoms with Crippen molar-refractivity contribution in [3.63, 3.8) is 0 Å². The zero-order valence-electron chi connectivity index (χ0n) is 19.5. The van der Waals surface area contributed by atoms with Crippen molar-refractivity contribution in [1.29, 1.82) is 0 Å². The lowest BCUT2D eigenvalue weighted by molar-refractivity contribution is -0.127. The molecule has 0 saturated carbocycles. The summed E-state index contributed by atoms with van der Waals surface area (Å²) in [6.07, 6.45) is 4.96. The largest absolute Gasteiger partial charge is 0.382 e. The molecule has 10 heteroatoms. The number of anilines is 4. The minimum absolute atomic E-state index is 0.0503. The Morgan fingerprint density at radius 2 is 1.91 bits per heavy atom. The van der Waals surface area contributed by atoms with Crippen molar-refractivity contribution >= 4 is 40.2 Å². The molecule has 0 aliphatic carbocycles. The fourth-order valence-corrected chi connectivity index (χ4v) is 4.72. The molecule has 0 radical (unpaired) electrons. The monoisotopic (exact) mass is 461 g/mol. The number of fused-ring (bicyclic) bond motifs is 1. The van der Waals surface area contributed by atoms with Crippen molar-refractivity contribution in [2.45, 2.75) is 18.9 Å². The lowest BCUT2D eigenvalue weighted by Gasteiger charge is -2.34. The molecule has 1 atom stereocenters. The van der Waals surface area contributed by atoms with Gasteiger partial charge in [-0.05, 0) is 50.2 Å². The second-order valence-electron chi connectivity index (χ2n) is 9.00. The Balaban J connectivity index is 1.35. The quantitative estimate of drug-likeness (QED) is 0.557. The number of imidazole rings is 1. The van der Waals surface area contributed by atoms with Crippen LogP contribution in [0.25, 0.3) is 11.2 Å². The van der Waals surface area contributed by atoms with E-state index in [0.29, 0.717) is 29.5 Å². The Bertz CT molecular complexity index is 1180. The number of aromatic nitrogens is 4. The van der Waals surface area contributed by atoms with Crippen LogP contribution in [0.4, 0.5) is 23.1 Å². The molecular weight excluding hydrogens is 430 g/mol. The van der Waals surface area contributed by atoms with E-state index in [1.165, 1.54) is 11.8 Å². The molecule has 3 N–H and O–H groups in total. The third-order valence-corrected chi connectivity index (χ3v) is 6.72. The van der Waals surface area contributed by atoms with E-state index in [9.17, 15) is 4.79 Å². The van der Waals surface area contributed by atoms with Crippen molar-refractivity contribution in [2.24, 2.45) is 0 Å². The van der Waals surface area contributed by atoms with Crippen molar-refractivity contribution in [3.05, 3.63) is 43.2 Å². The highest BCUT2D eigenvalue weighted by Crippen LogP contribution is 2.28. The van der Waals surface area contributed by atoms with Crippen molar-refractivity contribution in [3.8, 4) is 0 Å². The number of hydrogen-bond donors (Lipinski definition) is 2. The fourth-order valence-electron chi connectivity index (χ4n) is 4.72. The summed E-state index contributed by atoms with van der Waals surface area (Å²) in [6.45, 7) is 9.14. The number of piperidine rings is 1. The molecule has 2 fully saturated rings. The first-order valence-corrected chi connectivity index (χ1v) is 11.7. The van der Waals surface area contributed by atoms with E-state index in [2.05, 4.69) is 50.8 Å². The number of nitrogens with two attached hydrogens (primary N) is 1. The van der Waals surface area contributed by atoms with Crippen LogP contribution in [0.3, 0.4) is 0 Å². The smallest absolute Gasteiger partial charge is 0.246 e. The predicted octanol–water partition coefficient (Wildman–Crippen LogP) is 2.25. The van der Waals surface area contributed by atoms with Crippen LogP contribution in [0.1, 0.15) is 18.9 Å². The molecular formula is C24H31N9O.